The van der Waals surface area contributed by atoms with E-state index in [2.05, 4.69) is 20.3 Å². The molecule has 1 aromatic carbocycles. The average Bonchev–Trinajstić information content (AvgIpc) is 3.35. The lowest BCUT2D eigenvalue weighted by atomic mass is 10.00. The lowest BCUT2D eigenvalue weighted by molar-refractivity contribution is -0.140. The number of halogens is 6. The van der Waals surface area contributed by atoms with Crippen LogP contribution in [0.3, 0.4) is 0 Å². The molecular formula is C24H20ClF5N6O3. The number of imidazole rings is 1. The van der Waals surface area contributed by atoms with Crippen molar-refractivity contribution in [2.45, 2.75) is 25.6 Å². The number of alkyl halides is 5. The van der Waals surface area contributed by atoms with Crippen molar-refractivity contribution in [1.82, 2.24) is 19.4 Å². The van der Waals surface area contributed by atoms with Gasteiger partial charge in [0.2, 0.25) is 5.95 Å². The van der Waals surface area contributed by atoms with E-state index >= 15 is 0 Å². The molecule has 1 saturated heterocycles. The van der Waals surface area contributed by atoms with Crippen LogP contribution in [-0.2, 0) is 10.9 Å². The number of aromatic nitrogens is 4. The zero-order valence-electron chi connectivity index (χ0n) is 20.1. The molecule has 0 spiro atoms. The van der Waals surface area contributed by atoms with Gasteiger partial charge in [-0.3, -0.25) is 4.40 Å². The normalized spacial score (nSPS) is 15.3. The number of carboxylic acids is 1. The molecular weight excluding hydrogens is 551 g/mol. The van der Waals surface area contributed by atoms with E-state index in [0.717, 1.165) is 16.7 Å². The zero-order chi connectivity index (χ0) is 28.1. The van der Waals surface area contributed by atoms with Crippen LogP contribution in [-0.4, -0.2) is 56.7 Å². The van der Waals surface area contributed by atoms with E-state index in [9.17, 15) is 31.9 Å². The summed E-state index contributed by atoms with van der Waals surface area (Å²) in [5.41, 5.74) is -1.85. The van der Waals surface area contributed by atoms with E-state index in [1.54, 1.807) is 11.8 Å². The average molecular weight is 571 g/mol. The van der Waals surface area contributed by atoms with Crippen molar-refractivity contribution in [2.24, 2.45) is 0 Å². The van der Waals surface area contributed by atoms with Crippen LogP contribution in [0.1, 0.15) is 46.7 Å². The van der Waals surface area contributed by atoms with Crippen LogP contribution < -0.4 is 10.2 Å². The van der Waals surface area contributed by atoms with E-state index in [1.165, 1.54) is 18.2 Å². The van der Waals surface area contributed by atoms with Crippen LogP contribution in [0.2, 0.25) is 5.15 Å². The highest BCUT2D eigenvalue weighted by Crippen LogP contribution is 2.37. The molecule has 0 aliphatic carbocycles. The largest absolute Gasteiger partial charge is 0.476 e. The monoisotopic (exact) mass is 570 g/mol. The summed E-state index contributed by atoms with van der Waals surface area (Å²) in [6, 6.07) is 4.16. The molecule has 0 amide bonds. The van der Waals surface area contributed by atoms with E-state index < -0.39 is 41.6 Å². The van der Waals surface area contributed by atoms with Crippen LogP contribution in [0.4, 0.5) is 33.6 Å². The van der Waals surface area contributed by atoms with Crippen LogP contribution in [0.5, 0.6) is 0 Å². The number of pyridine rings is 1. The summed E-state index contributed by atoms with van der Waals surface area (Å²) in [5, 5.41) is 12.4. The minimum atomic E-state index is -4.78. The van der Waals surface area contributed by atoms with Crippen molar-refractivity contribution in [3.63, 3.8) is 0 Å². The van der Waals surface area contributed by atoms with Gasteiger partial charge in [0, 0.05) is 35.8 Å². The molecule has 39 heavy (non-hydrogen) atoms. The highest BCUT2D eigenvalue weighted by atomic mass is 35.5. The molecule has 1 fully saturated rings. The van der Waals surface area contributed by atoms with E-state index in [1.807, 2.05) is 0 Å². The maximum atomic E-state index is 14.0. The highest BCUT2D eigenvalue weighted by molar-refractivity contribution is 6.29. The molecule has 4 aromatic rings. The Labute approximate surface area is 222 Å². The number of morpholine rings is 1. The Balaban J connectivity index is 1.75. The number of benzene rings is 1. The van der Waals surface area contributed by atoms with Crippen molar-refractivity contribution in [2.75, 3.05) is 36.5 Å². The predicted molar refractivity (Wildman–Crippen MR) is 132 cm³/mol. The van der Waals surface area contributed by atoms with E-state index in [0.29, 0.717) is 26.3 Å². The van der Waals surface area contributed by atoms with Gasteiger partial charge in [0.05, 0.1) is 30.5 Å². The molecule has 206 valence electrons. The van der Waals surface area contributed by atoms with Gasteiger partial charge in [-0.2, -0.15) is 13.2 Å². The molecule has 1 aliphatic rings. The molecule has 1 atom stereocenters. The molecule has 4 heterocycles. The molecule has 1 aliphatic heterocycles. The van der Waals surface area contributed by atoms with Gasteiger partial charge in [0.1, 0.15) is 10.8 Å². The molecule has 15 heteroatoms. The first kappa shape index (κ1) is 26.8. The van der Waals surface area contributed by atoms with Crippen LogP contribution in [0.15, 0.2) is 30.5 Å². The van der Waals surface area contributed by atoms with E-state index in [-0.39, 0.29) is 38.9 Å². The summed E-state index contributed by atoms with van der Waals surface area (Å²) < 4.78 is 75.5. The maximum Gasteiger partial charge on any atom is 0.434 e. The van der Waals surface area contributed by atoms with Crippen molar-refractivity contribution in [1.29, 1.82) is 0 Å². The summed E-state index contributed by atoms with van der Waals surface area (Å²) >= 11 is 5.83. The number of rotatable bonds is 6. The maximum absolute atomic E-state index is 14.0. The first-order chi connectivity index (χ1) is 18.4. The first-order valence-electron chi connectivity index (χ1n) is 11.6. The molecule has 0 saturated carbocycles. The molecule has 0 radical (unpaired) electrons. The molecule has 0 bridgehead atoms. The number of nitrogens with zero attached hydrogens (tertiary/aromatic N) is 5. The van der Waals surface area contributed by atoms with Crippen molar-refractivity contribution < 1.29 is 36.6 Å². The van der Waals surface area contributed by atoms with Gasteiger partial charge in [-0.15, -0.1) is 0 Å². The lowest BCUT2D eigenvalue weighted by Gasteiger charge is -2.29. The summed E-state index contributed by atoms with van der Waals surface area (Å²) in [6.07, 6.45) is -6.95. The first-order valence-corrected chi connectivity index (χ1v) is 12.0. The van der Waals surface area contributed by atoms with Crippen LogP contribution in [0, 0.1) is 0 Å². The molecule has 0 unspecified atom stereocenters. The quantitative estimate of drug-likeness (QED) is 0.228. The number of nitrogens with one attached hydrogen (secondary N) is 1. The van der Waals surface area contributed by atoms with Crippen molar-refractivity contribution in [3.05, 3.63) is 58.1 Å². The third kappa shape index (κ3) is 5.13. The molecule has 5 rings (SSSR count). The van der Waals surface area contributed by atoms with Gasteiger partial charge >= 0.3 is 12.1 Å². The van der Waals surface area contributed by atoms with Crippen LogP contribution in [0.25, 0.3) is 16.6 Å². The Hall–Kier alpha value is -3.78. The summed E-state index contributed by atoms with van der Waals surface area (Å²) in [5.74, 6) is -1.23. The SMILES string of the molecule is C[C@@H](Nc1ccc(Cl)nc1C(=O)O)c1cc(C(F)F)cc2c1nc(N1CCOCC1)n1cc(C(F)(F)F)nc21. The second-order valence-electron chi connectivity index (χ2n) is 8.84. The summed E-state index contributed by atoms with van der Waals surface area (Å²) in [6.45, 7) is 2.89. The van der Waals surface area contributed by atoms with Gasteiger partial charge < -0.3 is 20.1 Å². The van der Waals surface area contributed by atoms with Gasteiger partial charge in [0.15, 0.2) is 11.4 Å². The van der Waals surface area contributed by atoms with Gasteiger partial charge in [-0.05, 0) is 31.2 Å². The van der Waals surface area contributed by atoms with Gasteiger partial charge in [-0.25, -0.2) is 28.5 Å². The minimum Gasteiger partial charge on any atom is -0.476 e. The second kappa shape index (κ2) is 10.1. The molecule has 9 nitrogen and oxygen atoms in total. The number of fused-ring (bicyclic) bond motifs is 3. The standard InChI is InChI=1S/C24H20ClF5N6O3/c1-11(31-15-2-3-17(25)33-19(15)22(37)38)13-8-12(20(26)27)9-14-18(13)34-23(35-4-6-39-7-5-35)36-10-16(24(28,29)30)32-21(14)36/h2-3,8-11,20,31H,4-7H2,1H3,(H,37,38)/t11-/m1/s1. The zero-order valence-corrected chi connectivity index (χ0v) is 20.9. The number of aromatic carboxylic acids is 1. The fourth-order valence-electron chi connectivity index (χ4n) is 4.46. The fourth-order valence-corrected chi connectivity index (χ4v) is 4.60. The number of carbonyl (C=O) groups is 1. The van der Waals surface area contributed by atoms with Crippen molar-refractivity contribution >= 4 is 45.8 Å². The number of hydrogen-bond donors (Lipinski definition) is 2. The number of ether oxygens (including phenoxy) is 1. The predicted octanol–water partition coefficient (Wildman–Crippen LogP) is 5.60. The Kier molecular flexibility index (Phi) is 6.93. The Morgan fingerprint density at radius 1 is 1.15 bits per heavy atom. The fraction of sp³-hybridized carbons (Fsp3) is 0.333. The van der Waals surface area contributed by atoms with Gasteiger partial charge in [-0.1, -0.05) is 11.6 Å². The molecule has 3 aromatic heterocycles. The lowest BCUT2D eigenvalue weighted by Crippen LogP contribution is -2.38. The van der Waals surface area contributed by atoms with Gasteiger partial charge in [0.25, 0.3) is 6.43 Å². The Morgan fingerprint density at radius 2 is 1.87 bits per heavy atom. The molecule has 2 N–H and O–H groups in total. The Morgan fingerprint density at radius 3 is 2.51 bits per heavy atom. The minimum absolute atomic E-state index is 0.0170. The topological polar surface area (TPSA) is 105 Å². The second-order valence-corrected chi connectivity index (χ2v) is 9.22. The summed E-state index contributed by atoms with van der Waals surface area (Å²) in [4.78, 5) is 25.7. The third-order valence-electron chi connectivity index (χ3n) is 6.27. The van der Waals surface area contributed by atoms with Crippen LogP contribution >= 0.6 is 11.6 Å². The highest BCUT2D eigenvalue weighted by Gasteiger charge is 2.35. The van der Waals surface area contributed by atoms with E-state index in [4.69, 9.17) is 16.3 Å². The smallest absolute Gasteiger partial charge is 0.434 e. The number of anilines is 2. The summed E-state index contributed by atoms with van der Waals surface area (Å²) in [7, 11) is 0. The Bertz CT molecular complexity index is 1570. The number of hydrogen-bond acceptors (Lipinski definition) is 7. The number of carboxylic acid groups (broad SMARTS) is 1. The third-order valence-corrected chi connectivity index (χ3v) is 6.49. The van der Waals surface area contributed by atoms with Crippen molar-refractivity contribution in [3.8, 4) is 0 Å².